The zero-order valence-corrected chi connectivity index (χ0v) is 17.8. The number of benzene rings is 1. The Labute approximate surface area is 184 Å². The first-order valence-electron chi connectivity index (χ1n) is 10.7. The second kappa shape index (κ2) is 10.8. The molecule has 0 spiro atoms. The molecule has 0 unspecified atom stereocenters. The van der Waals surface area contributed by atoms with Gasteiger partial charge in [0.25, 0.3) is 5.69 Å². The van der Waals surface area contributed by atoms with E-state index in [-0.39, 0.29) is 11.7 Å². The molecule has 12 heteroatoms. The van der Waals surface area contributed by atoms with Crippen LogP contribution in [-0.2, 0) is 10.9 Å². The van der Waals surface area contributed by atoms with E-state index < -0.39 is 22.4 Å². The van der Waals surface area contributed by atoms with E-state index in [0.717, 1.165) is 57.8 Å². The van der Waals surface area contributed by atoms with Crippen LogP contribution in [0.1, 0.15) is 18.4 Å². The summed E-state index contributed by atoms with van der Waals surface area (Å²) in [5, 5.41) is 14.2. The molecule has 0 radical (unpaired) electrons. The van der Waals surface area contributed by atoms with Gasteiger partial charge in [-0.2, -0.15) is 13.2 Å². The third-order valence-corrected chi connectivity index (χ3v) is 5.69. The van der Waals surface area contributed by atoms with Gasteiger partial charge in [0.1, 0.15) is 5.69 Å². The number of rotatable bonds is 7. The number of hydrogen-bond acceptors (Lipinski definition) is 6. The molecular formula is C20H28F3N5O4. The Kier molecular flexibility index (Phi) is 8.13. The number of halogens is 3. The molecule has 0 aromatic heterocycles. The molecule has 0 saturated carbocycles. The number of alkyl halides is 3. The van der Waals surface area contributed by atoms with Crippen LogP contribution in [0.25, 0.3) is 0 Å². The van der Waals surface area contributed by atoms with E-state index in [0.29, 0.717) is 38.8 Å². The number of amides is 2. The predicted molar refractivity (Wildman–Crippen MR) is 112 cm³/mol. The lowest BCUT2D eigenvalue weighted by atomic mass is 10.1. The van der Waals surface area contributed by atoms with Crippen molar-refractivity contribution in [2.45, 2.75) is 19.0 Å². The van der Waals surface area contributed by atoms with Crippen molar-refractivity contribution in [1.29, 1.82) is 0 Å². The van der Waals surface area contributed by atoms with Gasteiger partial charge in [0.05, 0.1) is 23.7 Å². The number of nitro groups is 1. The Balaban J connectivity index is 1.44. The minimum absolute atomic E-state index is 0.131. The van der Waals surface area contributed by atoms with E-state index in [1.54, 1.807) is 9.80 Å². The predicted octanol–water partition coefficient (Wildman–Crippen LogP) is 2.56. The lowest BCUT2D eigenvalue weighted by Gasteiger charge is -2.35. The molecule has 9 nitrogen and oxygen atoms in total. The van der Waals surface area contributed by atoms with Crippen molar-refractivity contribution in [2.24, 2.45) is 0 Å². The van der Waals surface area contributed by atoms with Gasteiger partial charge in [0.2, 0.25) is 0 Å². The van der Waals surface area contributed by atoms with E-state index >= 15 is 0 Å². The molecule has 0 atom stereocenters. The van der Waals surface area contributed by atoms with Crippen LogP contribution in [0.3, 0.4) is 0 Å². The second-order valence-corrected chi connectivity index (χ2v) is 7.83. The zero-order valence-electron chi connectivity index (χ0n) is 17.8. The molecule has 2 amide bonds. The molecule has 32 heavy (non-hydrogen) atoms. The van der Waals surface area contributed by atoms with Gasteiger partial charge < -0.3 is 19.9 Å². The van der Waals surface area contributed by atoms with Gasteiger partial charge in [-0.1, -0.05) is 0 Å². The van der Waals surface area contributed by atoms with Crippen LogP contribution < -0.4 is 10.2 Å². The fourth-order valence-corrected chi connectivity index (χ4v) is 3.86. The molecule has 2 aliphatic rings. The number of carbonyl (C=O) groups excluding carboxylic acids is 1. The van der Waals surface area contributed by atoms with Crippen LogP contribution >= 0.6 is 0 Å². The third kappa shape index (κ3) is 6.45. The quantitative estimate of drug-likeness (QED) is 0.383. The van der Waals surface area contributed by atoms with Crippen molar-refractivity contribution in [1.82, 2.24) is 15.1 Å². The first kappa shape index (κ1) is 24.1. The van der Waals surface area contributed by atoms with Gasteiger partial charge in [-0.05, 0) is 31.5 Å². The maximum absolute atomic E-state index is 12.9. The van der Waals surface area contributed by atoms with Crippen molar-refractivity contribution < 1.29 is 27.6 Å². The monoisotopic (exact) mass is 459 g/mol. The molecule has 2 fully saturated rings. The summed E-state index contributed by atoms with van der Waals surface area (Å²) >= 11 is 0. The molecule has 0 aliphatic carbocycles. The van der Waals surface area contributed by atoms with Gasteiger partial charge in [-0.15, -0.1) is 0 Å². The van der Waals surface area contributed by atoms with Crippen LogP contribution in [-0.4, -0.2) is 86.3 Å². The summed E-state index contributed by atoms with van der Waals surface area (Å²) in [6.45, 7) is 6.21. The molecular weight excluding hydrogens is 431 g/mol. The molecule has 2 heterocycles. The molecule has 2 saturated heterocycles. The minimum Gasteiger partial charge on any atom is -0.379 e. The highest BCUT2D eigenvalue weighted by Gasteiger charge is 2.34. The smallest absolute Gasteiger partial charge is 0.379 e. The Morgan fingerprint density at radius 2 is 1.78 bits per heavy atom. The number of anilines is 1. The topological polar surface area (TPSA) is 91.2 Å². The molecule has 1 N–H and O–H groups in total. The van der Waals surface area contributed by atoms with E-state index in [1.165, 1.54) is 0 Å². The summed E-state index contributed by atoms with van der Waals surface area (Å²) in [5.41, 5.74) is -1.51. The molecule has 0 bridgehead atoms. The van der Waals surface area contributed by atoms with E-state index in [4.69, 9.17) is 4.74 Å². The number of morpholine rings is 1. The average molecular weight is 459 g/mol. The summed E-state index contributed by atoms with van der Waals surface area (Å²) in [6, 6.07) is 2.34. The number of piperazine rings is 1. The SMILES string of the molecule is O=C(NCCCCN1CCOCC1)N1CCN(c2ccc(C(F)(F)F)cc2[N+](=O)[O-])CC1. The van der Waals surface area contributed by atoms with Gasteiger partial charge >= 0.3 is 12.2 Å². The van der Waals surface area contributed by atoms with Crippen molar-refractivity contribution in [3.8, 4) is 0 Å². The fourth-order valence-electron chi connectivity index (χ4n) is 3.86. The number of nitro benzene ring substituents is 1. The highest BCUT2D eigenvalue weighted by molar-refractivity contribution is 5.74. The number of unbranched alkanes of at least 4 members (excludes halogenated alkanes) is 1. The number of nitrogens with zero attached hydrogens (tertiary/aromatic N) is 4. The fraction of sp³-hybridized carbons (Fsp3) is 0.650. The molecule has 1 aromatic rings. The number of urea groups is 1. The van der Waals surface area contributed by atoms with Crippen molar-refractivity contribution in [3.63, 3.8) is 0 Å². The summed E-state index contributed by atoms with van der Waals surface area (Å²) < 4.78 is 44.0. The summed E-state index contributed by atoms with van der Waals surface area (Å²) in [7, 11) is 0. The van der Waals surface area contributed by atoms with Crippen molar-refractivity contribution >= 4 is 17.4 Å². The van der Waals surface area contributed by atoms with Gasteiger partial charge in [-0.25, -0.2) is 4.79 Å². The highest BCUT2D eigenvalue weighted by atomic mass is 19.4. The normalized spacial score (nSPS) is 18.0. The van der Waals surface area contributed by atoms with Crippen LogP contribution in [0.2, 0.25) is 0 Å². The van der Waals surface area contributed by atoms with E-state index in [9.17, 15) is 28.1 Å². The van der Waals surface area contributed by atoms with E-state index in [2.05, 4.69) is 10.2 Å². The Morgan fingerprint density at radius 3 is 2.41 bits per heavy atom. The van der Waals surface area contributed by atoms with Crippen LogP contribution in [0.4, 0.5) is 29.3 Å². The summed E-state index contributed by atoms with van der Waals surface area (Å²) in [6.07, 6.45) is -2.81. The first-order valence-corrected chi connectivity index (χ1v) is 10.7. The number of nitrogens with one attached hydrogen (secondary N) is 1. The van der Waals surface area contributed by atoms with Crippen molar-refractivity contribution in [3.05, 3.63) is 33.9 Å². The molecule has 2 aliphatic heterocycles. The van der Waals surface area contributed by atoms with Gasteiger partial charge in [-0.3, -0.25) is 15.0 Å². The Bertz CT molecular complexity index is 794. The van der Waals surface area contributed by atoms with E-state index in [1.807, 2.05) is 0 Å². The maximum atomic E-state index is 12.9. The lowest BCUT2D eigenvalue weighted by Crippen LogP contribution is -2.52. The summed E-state index contributed by atoms with van der Waals surface area (Å²) in [5.74, 6) is 0. The van der Waals surface area contributed by atoms with Crippen LogP contribution in [0.5, 0.6) is 0 Å². The zero-order chi connectivity index (χ0) is 23.1. The highest BCUT2D eigenvalue weighted by Crippen LogP contribution is 2.36. The molecule has 3 rings (SSSR count). The number of hydrogen-bond donors (Lipinski definition) is 1. The van der Waals surface area contributed by atoms with Crippen LogP contribution in [0, 0.1) is 10.1 Å². The van der Waals surface area contributed by atoms with Crippen LogP contribution in [0.15, 0.2) is 18.2 Å². The average Bonchev–Trinajstić information content (AvgIpc) is 2.78. The number of ether oxygens (including phenoxy) is 1. The standard InChI is InChI=1S/C20H28F3N5O4/c21-20(22,23)16-3-4-17(18(15-16)28(30)31)26-7-9-27(10-8-26)19(29)24-5-1-2-6-25-11-13-32-14-12-25/h3-4,15H,1-2,5-14H2,(H,24,29). The molecule has 1 aromatic carbocycles. The van der Waals surface area contributed by atoms with Gasteiger partial charge in [0, 0.05) is 51.9 Å². The Morgan fingerprint density at radius 1 is 1.09 bits per heavy atom. The Hall–Kier alpha value is -2.60. The summed E-state index contributed by atoms with van der Waals surface area (Å²) in [4.78, 5) is 28.5. The number of carbonyl (C=O) groups is 1. The molecule has 178 valence electrons. The van der Waals surface area contributed by atoms with Crippen molar-refractivity contribution in [2.75, 3.05) is 70.5 Å². The minimum atomic E-state index is -4.65. The third-order valence-electron chi connectivity index (χ3n) is 5.69. The first-order chi connectivity index (χ1) is 15.3. The maximum Gasteiger partial charge on any atom is 0.416 e. The second-order valence-electron chi connectivity index (χ2n) is 7.83. The largest absolute Gasteiger partial charge is 0.416 e. The lowest BCUT2D eigenvalue weighted by molar-refractivity contribution is -0.384. The van der Waals surface area contributed by atoms with Gasteiger partial charge in [0.15, 0.2) is 0 Å².